The zero-order valence-electron chi connectivity index (χ0n) is 13.9. The Bertz CT molecular complexity index is 844. The van der Waals surface area contributed by atoms with E-state index in [1.165, 1.54) is 11.1 Å². The monoisotopic (exact) mass is 333 g/mol. The summed E-state index contributed by atoms with van der Waals surface area (Å²) in [5, 5.41) is 8.98. The van der Waals surface area contributed by atoms with Crippen LogP contribution in [-0.4, -0.2) is 40.4 Å². The van der Waals surface area contributed by atoms with Crippen molar-refractivity contribution < 1.29 is 4.79 Å². The molecule has 126 valence electrons. The lowest BCUT2D eigenvalue weighted by Crippen LogP contribution is -2.40. The fourth-order valence-electron chi connectivity index (χ4n) is 3.65. The van der Waals surface area contributed by atoms with Gasteiger partial charge in [0, 0.05) is 32.4 Å². The molecule has 6 heteroatoms. The minimum Gasteiger partial charge on any atom is -0.340 e. The Hall–Kier alpha value is -2.94. The minimum absolute atomic E-state index is 0.0281. The van der Waals surface area contributed by atoms with E-state index in [2.05, 4.69) is 28.2 Å². The van der Waals surface area contributed by atoms with Crippen LogP contribution in [0.25, 0.3) is 0 Å². The molecule has 1 atom stereocenters. The molecule has 1 fully saturated rings. The molecule has 1 amide bonds. The number of carbonyl (C=O) groups is 1. The molecular weight excluding hydrogens is 314 g/mol. The normalized spacial score (nSPS) is 19.4. The smallest absolute Gasteiger partial charge is 0.227 e. The van der Waals surface area contributed by atoms with Gasteiger partial charge in [-0.05, 0) is 30.0 Å². The van der Waals surface area contributed by atoms with Gasteiger partial charge >= 0.3 is 0 Å². The van der Waals surface area contributed by atoms with Crippen LogP contribution in [0.15, 0.2) is 36.5 Å². The fraction of sp³-hybridized carbons (Fsp3) is 0.368. The zero-order chi connectivity index (χ0) is 17.2. The maximum Gasteiger partial charge on any atom is 0.227 e. The van der Waals surface area contributed by atoms with Gasteiger partial charge in [-0.2, -0.15) is 5.26 Å². The highest BCUT2D eigenvalue weighted by molar-refractivity contribution is 5.80. The number of benzene rings is 1. The van der Waals surface area contributed by atoms with Crippen molar-refractivity contribution >= 4 is 11.9 Å². The predicted molar refractivity (Wildman–Crippen MR) is 92.6 cm³/mol. The van der Waals surface area contributed by atoms with Crippen molar-refractivity contribution in [1.29, 1.82) is 5.26 Å². The molecule has 2 aliphatic heterocycles. The third kappa shape index (κ3) is 3.05. The van der Waals surface area contributed by atoms with E-state index in [1.54, 1.807) is 12.3 Å². The molecule has 1 aromatic carbocycles. The highest BCUT2D eigenvalue weighted by atomic mass is 16.2. The molecule has 4 rings (SSSR count). The number of nitriles is 1. The molecule has 2 aromatic rings. The second kappa shape index (κ2) is 6.52. The fourth-order valence-corrected chi connectivity index (χ4v) is 3.65. The van der Waals surface area contributed by atoms with Gasteiger partial charge in [-0.3, -0.25) is 4.79 Å². The first-order valence-electron chi connectivity index (χ1n) is 8.58. The van der Waals surface area contributed by atoms with E-state index in [1.807, 2.05) is 21.9 Å². The van der Waals surface area contributed by atoms with Crippen LogP contribution in [0.1, 0.15) is 23.2 Å². The second-order valence-corrected chi connectivity index (χ2v) is 6.56. The first-order valence-corrected chi connectivity index (χ1v) is 8.58. The Labute approximate surface area is 146 Å². The minimum atomic E-state index is -0.0281. The standard InChI is InChI=1S/C19H19N5O/c20-11-17-5-8-21-19(22-17)24-10-7-16(13-24)18(25)23-9-6-14-3-1-2-4-15(14)12-23/h1-5,8,16H,6-7,9-10,12-13H2. The van der Waals surface area contributed by atoms with E-state index in [0.717, 1.165) is 25.9 Å². The highest BCUT2D eigenvalue weighted by Gasteiger charge is 2.33. The summed E-state index contributed by atoms with van der Waals surface area (Å²) in [5.74, 6) is 0.728. The SMILES string of the molecule is N#Cc1ccnc(N2CCC(C(=O)N3CCc4ccccc4C3)C2)n1. The first kappa shape index (κ1) is 15.6. The lowest BCUT2D eigenvalue weighted by Gasteiger charge is -2.31. The number of rotatable bonds is 2. The van der Waals surface area contributed by atoms with Gasteiger partial charge in [-0.1, -0.05) is 24.3 Å². The molecule has 25 heavy (non-hydrogen) atoms. The summed E-state index contributed by atoms with van der Waals surface area (Å²) >= 11 is 0. The molecule has 6 nitrogen and oxygen atoms in total. The Morgan fingerprint density at radius 1 is 1.20 bits per heavy atom. The number of anilines is 1. The van der Waals surface area contributed by atoms with E-state index in [-0.39, 0.29) is 11.8 Å². The topological polar surface area (TPSA) is 73.1 Å². The summed E-state index contributed by atoms with van der Waals surface area (Å²) in [7, 11) is 0. The molecule has 3 heterocycles. The van der Waals surface area contributed by atoms with Crippen molar-refractivity contribution in [2.75, 3.05) is 24.5 Å². The summed E-state index contributed by atoms with van der Waals surface area (Å²) < 4.78 is 0. The average Bonchev–Trinajstić information content (AvgIpc) is 3.17. The number of carbonyl (C=O) groups excluding carboxylic acids is 1. The molecule has 1 aromatic heterocycles. The van der Waals surface area contributed by atoms with Gasteiger partial charge in [0.25, 0.3) is 0 Å². The van der Waals surface area contributed by atoms with Crippen molar-refractivity contribution in [3.05, 3.63) is 53.3 Å². The molecule has 2 aliphatic rings. The van der Waals surface area contributed by atoms with Crippen molar-refractivity contribution in [3.63, 3.8) is 0 Å². The van der Waals surface area contributed by atoms with Gasteiger partial charge in [0.2, 0.25) is 11.9 Å². The van der Waals surface area contributed by atoms with Crippen LogP contribution in [0, 0.1) is 17.2 Å². The lowest BCUT2D eigenvalue weighted by atomic mass is 9.98. The van der Waals surface area contributed by atoms with Crippen LogP contribution in [-0.2, 0) is 17.8 Å². The van der Waals surface area contributed by atoms with Crippen LogP contribution in [0.3, 0.4) is 0 Å². The highest BCUT2D eigenvalue weighted by Crippen LogP contribution is 2.25. The van der Waals surface area contributed by atoms with Crippen LogP contribution < -0.4 is 4.90 Å². The number of amides is 1. The van der Waals surface area contributed by atoms with E-state index in [9.17, 15) is 4.79 Å². The molecule has 0 saturated carbocycles. The second-order valence-electron chi connectivity index (χ2n) is 6.56. The first-order chi connectivity index (χ1) is 12.2. The summed E-state index contributed by atoms with van der Waals surface area (Å²) in [6, 6.07) is 12.0. The molecule has 1 unspecified atom stereocenters. The largest absolute Gasteiger partial charge is 0.340 e. The van der Waals surface area contributed by atoms with E-state index < -0.39 is 0 Å². The molecule has 0 bridgehead atoms. The van der Waals surface area contributed by atoms with Crippen LogP contribution in [0.4, 0.5) is 5.95 Å². The maximum absolute atomic E-state index is 12.9. The summed E-state index contributed by atoms with van der Waals surface area (Å²) in [6.45, 7) is 2.85. The summed E-state index contributed by atoms with van der Waals surface area (Å²) in [6.07, 6.45) is 3.32. The summed E-state index contributed by atoms with van der Waals surface area (Å²) in [5.41, 5.74) is 2.95. The van der Waals surface area contributed by atoms with Gasteiger partial charge in [0.1, 0.15) is 11.8 Å². The third-order valence-corrected chi connectivity index (χ3v) is 5.02. The lowest BCUT2D eigenvalue weighted by molar-refractivity contribution is -0.135. The molecule has 0 N–H and O–H groups in total. The van der Waals surface area contributed by atoms with Crippen molar-refractivity contribution in [3.8, 4) is 6.07 Å². The third-order valence-electron chi connectivity index (χ3n) is 5.02. The van der Waals surface area contributed by atoms with Crippen LogP contribution >= 0.6 is 0 Å². The van der Waals surface area contributed by atoms with Crippen molar-refractivity contribution in [2.24, 2.45) is 5.92 Å². The van der Waals surface area contributed by atoms with Gasteiger partial charge in [-0.25, -0.2) is 9.97 Å². The Kier molecular flexibility index (Phi) is 4.06. The quantitative estimate of drug-likeness (QED) is 0.837. The van der Waals surface area contributed by atoms with Gasteiger partial charge in [-0.15, -0.1) is 0 Å². The van der Waals surface area contributed by atoms with Crippen molar-refractivity contribution in [2.45, 2.75) is 19.4 Å². The number of aromatic nitrogens is 2. The zero-order valence-corrected chi connectivity index (χ0v) is 13.9. The molecule has 1 saturated heterocycles. The molecule has 0 radical (unpaired) electrons. The predicted octanol–water partition coefficient (Wildman–Crippen LogP) is 1.76. The summed E-state index contributed by atoms with van der Waals surface area (Å²) in [4.78, 5) is 25.4. The van der Waals surface area contributed by atoms with Gasteiger partial charge in [0.15, 0.2) is 0 Å². The van der Waals surface area contributed by atoms with Crippen LogP contribution in [0.5, 0.6) is 0 Å². The number of fused-ring (bicyclic) bond motifs is 1. The Balaban J connectivity index is 1.43. The van der Waals surface area contributed by atoms with E-state index in [0.29, 0.717) is 24.7 Å². The molecule has 0 spiro atoms. The van der Waals surface area contributed by atoms with Gasteiger partial charge in [0.05, 0.1) is 5.92 Å². The Morgan fingerprint density at radius 3 is 2.88 bits per heavy atom. The van der Waals surface area contributed by atoms with E-state index in [4.69, 9.17) is 5.26 Å². The Morgan fingerprint density at radius 2 is 2.04 bits per heavy atom. The average molecular weight is 333 g/mol. The van der Waals surface area contributed by atoms with Crippen molar-refractivity contribution in [1.82, 2.24) is 14.9 Å². The number of nitrogens with zero attached hydrogens (tertiary/aromatic N) is 5. The maximum atomic E-state index is 12.9. The number of hydrogen-bond acceptors (Lipinski definition) is 5. The van der Waals surface area contributed by atoms with Gasteiger partial charge < -0.3 is 9.80 Å². The van der Waals surface area contributed by atoms with Crippen LogP contribution in [0.2, 0.25) is 0 Å². The van der Waals surface area contributed by atoms with E-state index >= 15 is 0 Å². The molecular formula is C19H19N5O. The number of hydrogen-bond donors (Lipinski definition) is 0. The molecule has 0 aliphatic carbocycles.